The van der Waals surface area contributed by atoms with Gasteiger partial charge in [-0.05, 0) is 34.6 Å². The molecule has 1 amide bonds. The second kappa shape index (κ2) is 9.99. The van der Waals surface area contributed by atoms with Crippen molar-refractivity contribution in [1.29, 1.82) is 0 Å². The monoisotopic (exact) mass is 524 g/mol. The number of ether oxygens (including phenoxy) is 1. The maximum atomic E-state index is 13.6. The Morgan fingerprint density at radius 2 is 1.89 bits per heavy atom. The van der Waals surface area contributed by atoms with Gasteiger partial charge in [-0.3, -0.25) is 4.79 Å². The minimum Gasteiger partial charge on any atom is -0.461 e. The minimum absolute atomic E-state index is 0.0587. The molecule has 1 atom stereocenters. The normalized spacial score (nSPS) is 16.6. The summed E-state index contributed by atoms with van der Waals surface area (Å²) in [6, 6.07) is -0.0985. The second-order valence-corrected chi connectivity index (χ2v) is 9.82. The van der Waals surface area contributed by atoms with Gasteiger partial charge in [0.1, 0.15) is 28.9 Å². The molecule has 1 saturated heterocycles. The van der Waals surface area contributed by atoms with Gasteiger partial charge in [-0.15, -0.1) is 0 Å². The van der Waals surface area contributed by atoms with Gasteiger partial charge in [-0.2, -0.15) is 18.3 Å². The summed E-state index contributed by atoms with van der Waals surface area (Å²) in [5.41, 5.74) is 0.514. The smallest absolute Gasteiger partial charge is 0.443 e. The Morgan fingerprint density at radius 1 is 1.19 bits per heavy atom. The van der Waals surface area contributed by atoms with Crippen LogP contribution in [0, 0.1) is 13.8 Å². The molecule has 0 unspecified atom stereocenters. The van der Waals surface area contributed by atoms with Gasteiger partial charge in [-0.25, -0.2) is 24.6 Å². The molecule has 3 aromatic heterocycles. The lowest BCUT2D eigenvalue weighted by molar-refractivity contribution is -0.137. The Hall–Kier alpha value is -3.29. The van der Waals surface area contributed by atoms with E-state index in [9.17, 15) is 18.0 Å². The van der Waals surface area contributed by atoms with Crippen LogP contribution in [-0.2, 0) is 17.5 Å². The maximum absolute atomic E-state index is 13.6. The van der Waals surface area contributed by atoms with Crippen LogP contribution < -0.4 is 9.64 Å². The van der Waals surface area contributed by atoms with Crippen molar-refractivity contribution in [2.75, 3.05) is 24.5 Å². The quantitative estimate of drug-likeness (QED) is 0.484. The molecule has 0 bridgehead atoms. The molecule has 4 heterocycles. The lowest BCUT2D eigenvalue weighted by Crippen LogP contribution is -2.54. The number of nitrogens with zero attached hydrogens (tertiary/aromatic N) is 8. The van der Waals surface area contributed by atoms with Crippen molar-refractivity contribution < 1.29 is 22.7 Å². The van der Waals surface area contributed by atoms with Crippen LogP contribution in [0.5, 0.6) is 6.01 Å². The van der Waals surface area contributed by atoms with E-state index in [1.54, 1.807) is 23.4 Å². The Balaban J connectivity index is 1.55. The number of aryl methyl sites for hydroxylation is 2. The van der Waals surface area contributed by atoms with Crippen molar-refractivity contribution in [2.24, 2.45) is 0 Å². The molecule has 3 aromatic rings. The number of carbonyl (C=O) groups is 1. The predicted molar refractivity (Wildman–Crippen MR) is 127 cm³/mol. The zero-order valence-corrected chi connectivity index (χ0v) is 21.4. The molecule has 1 fully saturated rings. The number of halogens is 3. The van der Waals surface area contributed by atoms with Crippen molar-refractivity contribution in [3.05, 3.63) is 29.1 Å². The molecule has 0 aromatic carbocycles. The number of thiazole rings is 1. The summed E-state index contributed by atoms with van der Waals surface area (Å²) in [6.07, 6.45) is -1.90. The largest absolute Gasteiger partial charge is 0.461 e. The fourth-order valence-corrected chi connectivity index (χ4v) is 4.98. The molecule has 0 radical (unpaired) electrons. The fourth-order valence-electron chi connectivity index (χ4n) is 3.99. The summed E-state index contributed by atoms with van der Waals surface area (Å²) in [7, 11) is 0. The summed E-state index contributed by atoms with van der Waals surface area (Å²) in [6.45, 7) is 10.2. The average molecular weight is 525 g/mol. The standard InChI is InChI=1S/C22H27F3N8O2S/c1-12(2)35-21-26-8-16(9-27-21)18-19(36-20(29-18)22(23,24)25)31-6-7-32(13(3)10-31)17(34)11-33-15(5)28-14(4)30-33/h8-9,12-13H,6-7,10-11H2,1-5H3/t13-/m1/s1. The highest BCUT2D eigenvalue weighted by Gasteiger charge is 2.38. The zero-order valence-electron chi connectivity index (χ0n) is 20.6. The lowest BCUT2D eigenvalue weighted by atomic mass is 10.1. The van der Waals surface area contributed by atoms with Crippen LogP contribution in [0.3, 0.4) is 0 Å². The Morgan fingerprint density at radius 3 is 2.44 bits per heavy atom. The fraction of sp³-hybridized carbons (Fsp3) is 0.545. The molecular formula is C22H27F3N8O2S. The van der Waals surface area contributed by atoms with E-state index >= 15 is 0 Å². The van der Waals surface area contributed by atoms with Crippen LogP contribution in [0.2, 0.25) is 0 Å². The predicted octanol–water partition coefficient (Wildman–Crippen LogP) is 3.35. The third-order valence-electron chi connectivity index (χ3n) is 5.58. The summed E-state index contributed by atoms with van der Waals surface area (Å²) < 4.78 is 47.7. The number of amides is 1. The molecule has 0 aliphatic carbocycles. The van der Waals surface area contributed by atoms with E-state index < -0.39 is 11.2 Å². The van der Waals surface area contributed by atoms with Crippen LogP contribution in [0.4, 0.5) is 18.2 Å². The first-order valence-corrected chi connectivity index (χ1v) is 12.2. The third kappa shape index (κ3) is 5.58. The minimum atomic E-state index is -4.59. The third-order valence-corrected chi connectivity index (χ3v) is 6.74. The molecule has 4 rings (SSSR count). The molecule has 1 aliphatic rings. The van der Waals surface area contributed by atoms with E-state index in [2.05, 4.69) is 25.0 Å². The number of aromatic nitrogens is 6. The van der Waals surface area contributed by atoms with Gasteiger partial charge >= 0.3 is 12.2 Å². The maximum Gasteiger partial charge on any atom is 0.443 e. The van der Waals surface area contributed by atoms with Crippen molar-refractivity contribution in [2.45, 2.75) is 59.5 Å². The first-order chi connectivity index (χ1) is 16.9. The molecule has 36 heavy (non-hydrogen) atoms. The van der Waals surface area contributed by atoms with E-state index in [0.29, 0.717) is 53.2 Å². The first kappa shape index (κ1) is 25.8. The molecule has 194 valence electrons. The van der Waals surface area contributed by atoms with Gasteiger partial charge < -0.3 is 14.5 Å². The second-order valence-electron chi connectivity index (χ2n) is 8.84. The highest BCUT2D eigenvalue weighted by atomic mass is 32.1. The van der Waals surface area contributed by atoms with Crippen molar-refractivity contribution in [3.8, 4) is 17.3 Å². The summed E-state index contributed by atoms with van der Waals surface area (Å²) in [5.74, 6) is 1.11. The van der Waals surface area contributed by atoms with Crippen molar-refractivity contribution in [3.63, 3.8) is 0 Å². The number of hydrogen-bond donors (Lipinski definition) is 0. The van der Waals surface area contributed by atoms with Gasteiger partial charge in [0.05, 0.1) is 6.10 Å². The van der Waals surface area contributed by atoms with Gasteiger partial charge in [0, 0.05) is 43.6 Å². The topological polar surface area (TPSA) is 102 Å². The number of alkyl halides is 3. The number of piperazine rings is 1. The van der Waals surface area contributed by atoms with Crippen LogP contribution >= 0.6 is 11.3 Å². The van der Waals surface area contributed by atoms with E-state index in [1.807, 2.05) is 25.7 Å². The highest BCUT2D eigenvalue weighted by molar-refractivity contribution is 7.16. The van der Waals surface area contributed by atoms with Gasteiger partial charge in [0.2, 0.25) is 10.9 Å². The Labute approximate surface area is 210 Å². The van der Waals surface area contributed by atoms with Gasteiger partial charge in [0.15, 0.2) is 0 Å². The summed E-state index contributed by atoms with van der Waals surface area (Å²) >= 11 is 0.579. The molecular weight excluding hydrogens is 497 g/mol. The molecule has 14 heteroatoms. The molecule has 0 spiro atoms. The number of hydrogen-bond acceptors (Lipinski definition) is 9. The van der Waals surface area contributed by atoms with Crippen LogP contribution in [0.15, 0.2) is 12.4 Å². The Kier molecular flexibility index (Phi) is 7.16. The van der Waals surface area contributed by atoms with Crippen LogP contribution in [0.1, 0.15) is 37.4 Å². The van der Waals surface area contributed by atoms with E-state index in [1.165, 1.54) is 12.4 Å². The molecule has 0 N–H and O–H groups in total. The number of anilines is 1. The first-order valence-electron chi connectivity index (χ1n) is 11.4. The Bertz CT molecular complexity index is 1230. The van der Waals surface area contributed by atoms with Crippen molar-refractivity contribution >= 4 is 22.2 Å². The van der Waals surface area contributed by atoms with Gasteiger partial charge in [-0.1, -0.05) is 11.3 Å². The lowest BCUT2D eigenvalue weighted by Gasteiger charge is -2.40. The van der Waals surface area contributed by atoms with Crippen LogP contribution in [0.25, 0.3) is 11.3 Å². The average Bonchev–Trinajstić information content (AvgIpc) is 3.37. The van der Waals surface area contributed by atoms with E-state index in [4.69, 9.17) is 4.74 Å². The SMILES string of the molecule is Cc1nc(C)n(CC(=O)N2CCN(c3sc(C(F)(F)F)nc3-c3cnc(OC(C)C)nc3)C[C@H]2C)n1. The zero-order chi connectivity index (χ0) is 26.2. The molecule has 1 aliphatic heterocycles. The number of carbonyl (C=O) groups excluding carboxylic acids is 1. The molecule has 10 nitrogen and oxygen atoms in total. The van der Waals surface area contributed by atoms with Crippen LogP contribution in [-0.4, -0.2) is 72.3 Å². The number of rotatable bonds is 6. The molecule has 0 saturated carbocycles. The van der Waals surface area contributed by atoms with E-state index in [0.717, 1.165) is 0 Å². The highest BCUT2D eigenvalue weighted by Crippen LogP contribution is 2.43. The van der Waals surface area contributed by atoms with Crippen molar-refractivity contribution in [1.82, 2.24) is 34.6 Å². The summed E-state index contributed by atoms with van der Waals surface area (Å²) in [4.78, 5) is 32.8. The summed E-state index contributed by atoms with van der Waals surface area (Å²) in [5, 5.41) is 3.66. The van der Waals surface area contributed by atoms with Gasteiger partial charge in [0.25, 0.3) is 0 Å². The van der Waals surface area contributed by atoms with E-state index in [-0.39, 0.29) is 36.3 Å².